The minimum absolute atomic E-state index is 0.0398. The van der Waals surface area contributed by atoms with Crippen molar-refractivity contribution in [2.24, 2.45) is 10.8 Å². The zero-order valence-electron chi connectivity index (χ0n) is 11.4. The molecule has 0 saturated carbocycles. The van der Waals surface area contributed by atoms with Gasteiger partial charge in [0.1, 0.15) is 16.5 Å². The van der Waals surface area contributed by atoms with Crippen LogP contribution in [0.5, 0.6) is 0 Å². The van der Waals surface area contributed by atoms with Crippen molar-refractivity contribution in [2.45, 2.75) is 0 Å². The summed E-state index contributed by atoms with van der Waals surface area (Å²) in [5.74, 6) is -0.316. The van der Waals surface area contributed by atoms with Gasteiger partial charge in [0.15, 0.2) is 5.11 Å². The van der Waals surface area contributed by atoms with Crippen LogP contribution in [0.25, 0.3) is 0 Å². The number of anilines is 1. The summed E-state index contributed by atoms with van der Waals surface area (Å²) < 4.78 is 12.9. The molecule has 0 radical (unpaired) electrons. The van der Waals surface area contributed by atoms with Gasteiger partial charge in [-0.1, -0.05) is 42.5 Å². The Morgan fingerprint density at radius 2 is 1.64 bits per heavy atom. The molecule has 0 aliphatic carbocycles. The molecule has 0 atom stereocenters. The Morgan fingerprint density at radius 1 is 1.00 bits per heavy atom. The second-order valence-electron chi connectivity index (χ2n) is 4.26. The summed E-state index contributed by atoms with van der Waals surface area (Å²) in [6.07, 6.45) is 0. The molecule has 2 aromatic rings. The van der Waals surface area contributed by atoms with Gasteiger partial charge >= 0.3 is 0 Å². The summed E-state index contributed by atoms with van der Waals surface area (Å²) in [4.78, 5) is 0.363. The minimum Gasteiger partial charge on any atom is -0.375 e. The van der Waals surface area contributed by atoms with E-state index < -0.39 is 0 Å². The van der Waals surface area contributed by atoms with Crippen LogP contribution in [0.2, 0.25) is 0 Å². The van der Waals surface area contributed by atoms with Crippen molar-refractivity contribution < 1.29 is 4.39 Å². The number of benzene rings is 2. The normalized spacial score (nSPS) is 10.9. The minimum atomic E-state index is -0.316. The van der Waals surface area contributed by atoms with E-state index in [1.165, 1.54) is 12.1 Å². The first-order valence-electron chi connectivity index (χ1n) is 6.32. The van der Waals surface area contributed by atoms with Crippen LogP contribution in [-0.2, 0) is 0 Å². The highest BCUT2D eigenvalue weighted by Gasteiger charge is 2.11. The lowest BCUT2D eigenvalue weighted by Crippen LogP contribution is -2.29. The fourth-order valence-electron chi connectivity index (χ4n) is 1.68. The van der Waals surface area contributed by atoms with E-state index in [4.69, 9.17) is 30.2 Å². The molecular formula is C15H13FN4S2. The van der Waals surface area contributed by atoms with Crippen molar-refractivity contribution in [1.29, 1.82) is 0 Å². The van der Waals surface area contributed by atoms with E-state index in [2.05, 4.69) is 15.8 Å². The largest absolute Gasteiger partial charge is 0.375 e. The topological polar surface area (TPSA) is 62.4 Å². The fraction of sp³-hybridized carbons (Fsp3) is 0. The Hall–Kier alpha value is -2.38. The molecule has 0 amide bonds. The number of nitrogens with one attached hydrogen (secondary N) is 2. The lowest BCUT2D eigenvalue weighted by Gasteiger charge is -2.11. The number of hydrazone groups is 1. The quantitative estimate of drug-likeness (QED) is 0.456. The van der Waals surface area contributed by atoms with E-state index in [1.54, 1.807) is 12.1 Å². The summed E-state index contributed by atoms with van der Waals surface area (Å²) in [5, 5.41) is 7.17. The highest BCUT2D eigenvalue weighted by atomic mass is 32.1. The van der Waals surface area contributed by atoms with Gasteiger partial charge in [-0.3, -0.25) is 5.43 Å². The third-order valence-corrected chi connectivity index (χ3v) is 3.03. The number of hydrogen-bond acceptors (Lipinski definition) is 3. The molecule has 2 rings (SSSR count). The summed E-state index contributed by atoms with van der Waals surface area (Å²) in [6.45, 7) is 0. The van der Waals surface area contributed by atoms with Crippen molar-refractivity contribution in [3.05, 3.63) is 66.0 Å². The van der Waals surface area contributed by atoms with Gasteiger partial charge < -0.3 is 11.1 Å². The van der Waals surface area contributed by atoms with Crippen molar-refractivity contribution in [3.63, 3.8) is 0 Å². The van der Waals surface area contributed by atoms with E-state index in [0.29, 0.717) is 16.4 Å². The molecule has 2 aromatic carbocycles. The standard InChI is InChI=1S/C15H13FN4S2/c16-11-6-8-12(9-7-11)18-14(21)13(19-20-15(17)22)10-4-2-1-3-5-10/h1-9H,(H,18,21)(H3,17,20,22)/b19-13+. The maximum Gasteiger partial charge on any atom is 0.184 e. The van der Waals surface area contributed by atoms with Crippen LogP contribution >= 0.6 is 24.4 Å². The maximum atomic E-state index is 12.9. The Morgan fingerprint density at radius 3 is 2.23 bits per heavy atom. The molecule has 22 heavy (non-hydrogen) atoms. The number of thiocarbonyl (C=S) groups is 2. The third kappa shape index (κ3) is 4.57. The second-order valence-corrected chi connectivity index (χ2v) is 5.11. The van der Waals surface area contributed by atoms with Crippen LogP contribution in [0, 0.1) is 5.82 Å². The average molecular weight is 332 g/mol. The molecule has 0 aromatic heterocycles. The van der Waals surface area contributed by atoms with Gasteiger partial charge in [0.05, 0.1) is 0 Å². The molecule has 0 saturated heterocycles. The van der Waals surface area contributed by atoms with Gasteiger partial charge in [-0.05, 0) is 36.5 Å². The van der Waals surface area contributed by atoms with Crippen LogP contribution in [0.4, 0.5) is 10.1 Å². The first-order valence-corrected chi connectivity index (χ1v) is 7.13. The Balaban J connectivity index is 2.24. The van der Waals surface area contributed by atoms with Crippen molar-refractivity contribution in [1.82, 2.24) is 5.43 Å². The molecule has 4 nitrogen and oxygen atoms in total. The van der Waals surface area contributed by atoms with E-state index in [0.717, 1.165) is 5.56 Å². The molecule has 0 spiro atoms. The lowest BCUT2D eigenvalue weighted by molar-refractivity contribution is 0.628. The van der Waals surface area contributed by atoms with Crippen LogP contribution in [0.1, 0.15) is 5.56 Å². The molecule has 0 fully saturated rings. The smallest absolute Gasteiger partial charge is 0.184 e. The zero-order valence-corrected chi connectivity index (χ0v) is 13.0. The first-order chi connectivity index (χ1) is 10.6. The van der Waals surface area contributed by atoms with Crippen molar-refractivity contribution in [3.8, 4) is 0 Å². The molecule has 112 valence electrons. The van der Waals surface area contributed by atoms with Crippen LogP contribution < -0.4 is 16.5 Å². The maximum absolute atomic E-state index is 12.9. The van der Waals surface area contributed by atoms with E-state index in [1.807, 2.05) is 30.3 Å². The van der Waals surface area contributed by atoms with E-state index >= 15 is 0 Å². The van der Waals surface area contributed by atoms with E-state index in [-0.39, 0.29) is 10.9 Å². The first kappa shape index (κ1) is 16.0. The Bertz CT molecular complexity index is 699. The van der Waals surface area contributed by atoms with Crippen LogP contribution in [0.15, 0.2) is 59.7 Å². The number of nitrogens with two attached hydrogens (primary N) is 1. The summed E-state index contributed by atoms with van der Waals surface area (Å²) in [5.41, 5.74) is 9.86. The highest BCUT2D eigenvalue weighted by molar-refractivity contribution is 7.82. The predicted molar refractivity (Wildman–Crippen MR) is 95.5 cm³/mol. The molecular weight excluding hydrogens is 319 g/mol. The highest BCUT2D eigenvalue weighted by Crippen LogP contribution is 2.11. The van der Waals surface area contributed by atoms with Gasteiger partial charge in [0.2, 0.25) is 0 Å². The monoisotopic (exact) mass is 332 g/mol. The number of halogens is 1. The van der Waals surface area contributed by atoms with Crippen molar-refractivity contribution >= 4 is 45.9 Å². The van der Waals surface area contributed by atoms with Gasteiger partial charge in [0.25, 0.3) is 0 Å². The van der Waals surface area contributed by atoms with Gasteiger partial charge in [-0.2, -0.15) is 5.10 Å². The predicted octanol–water partition coefficient (Wildman–Crippen LogP) is 2.80. The summed E-state index contributed by atoms with van der Waals surface area (Å²) in [6, 6.07) is 15.2. The molecule has 0 aliphatic rings. The number of hydrogen-bond donors (Lipinski definition) is 3. The van der Waals surface area contributed by atoms with Crippen molar-refractivity contribution in [2.75, 3.05) is 5.32 Å². The van der Waals surface area contributed by atoms with Gasteiger partial charge in [0, 0.05) is 11.3 Å². The molecule has 0 bridgehead atoms. The summed E-state index contributed by atoms with van der Waals surface area (Å²) in [7, 11) is 0. The number of nitrogens with zero attached hydrogens (tertiary/aromatic N) is 1. The average Bonchev–Trinajstić information content (AvgIpc) is 2.50. The second kappa shape index (κ2) is 7.58. The Kier molecular flexibility index (Phi) is 5.51. The molecule has 0 heterocycles. The fourth-order valence-corrected chi connectivity index (χ4v) is 2.00. The van der Waals surface area contributed by atoms with Crippen LogP contribution in [-0.4, -0.2) is 15.8 Å². The molecule has 0 aliphatic heterocycles. The Labute approximate surface area is 138 Å². The van der Waals surface area contributed by atoms with Crippen LogP contribution in [0.3, 0.4) is 0 Å². The SMILES string of the molecule is NC(=S)N/N=C(/C(=S)Nc1ccc(F)cc1)c1ccccc1. The van der Waals surface area contributed by atoms with Gasteiger partial charge in [-0.15, -0.1) is 0 Å². The molecule has 0 unspecified atom stereocenters. The number of rotatable bonds is 4. The molecule has 4 N–H and O–H groups in total. The van der Waals surface area contributed by atoms with E-state index in [9.17, 15) is 4.39 Å². The lowest BCUT2D eigenvalue weighted by atomic mass is 10.1. The zero-order chi connectivity index (χ0) is 15.9. The third-order valence-electron chi connectivity index (χ3n) is 2.64. The summed E-state index contributed by atoms with van der Waals surface area (Å²) >= 11 is 10.1. The molecule has 7 heteroatoms. The van der Waals surface area contributed by atoms with Gasteiger partial charge in [-0.25, -0.2) is 4.39 Å².